The van der Waals surface area contributed by atoms with Crippen molar-refractivity contribution in [2.24, 2.45) is 10.9 Å². The van der Waals surface area contributed by atoms with E-state index < -0.39 is 0 Å². The second-order valence-electron chi connectivity index (χ2n) is 7.48. The molecule has 1 aliphatic heterocycles. The van der Waals surface area contributed by atoms with Crippen LogP contribution in [0, 0.1) is 5.92 Å². The molecule has 160 valence electrons. The number of aliphatic imine (C=N–C) groups is 1. The molecule has 2 aromatic rings. The summed E-state index contributed by atoms with van der Waals surface area (Å²) < 4.78 is 0. The van der Waals surface area contributed by atoms with E-state index in [2.05, 4.69) is 81.3 Å². The van der Waals surface area contributed by atoms with Gasteiger partial charge in [-0.2, -0.15) is 0 Å². The lowest BCUT2D eigenvalue weighted by molar-refractivity contribution is 0.125. The lowest BCUT2D eigenvalue weighted by Gasteiger charge is -2.39. The fourth-order valence-corrected chi connectivity index (χ4v) is 4.97. The number of nitrogens with one attached hydrogen (secondary N) is 2. The molecule has 29 heavy (non-hydrogen) atoms. The normalized spacial score (nSPS) is 20.0. The molecular formula is C22H34IN5S. The predicted molar refractivity (Wildman–Crippen MR) is 137 cm³/mol. The van der Waals surface area contributed by atoms with Crippen molar-refractivity contribution in [1.29, 1.82) is 0 Å². The number of guanidine groups is 1. The summed E-state index contributed by atoms with van der Waals surface area (Å²) in [6.45, 7) is 3.90. The molecule has 2 atom stereocenters. The minimum absolute atomic E-state index is 0. The van der Waals surface area contributed by atoms with Crippen molar-refractivity contribution in [1.82, 2.24) is 15.5 Å². The zero-order valence-corrected chi connectivity index (χ0v) is 20.8. The Morgan fingerprint density at radius 1 is 1.21 bits per heavy atom. The molecule has 1 aromatic carbocycles. The molecule has 0 amide bonds. The summed E-state index contributed by atoms with van der Waals surface area (Å²) in [7, 11) is 6.22. The van der Waals surface area contributed by atoms with E-state index in [1.807, 2.05) is 24.5 Å². The summed E-state index contributed by atoms with van der Waals surface area (Å²) in [5.74, 6) is 1.49. The number of likely N-dealkylation sites (N-methyl/N-ethyl adjacent to an activating group) is 1. The molecule has 5 nitrogen and oxygen atoms in total. The topological polar surface area (TPSA) is 42.9 Å². The first-order valence-corrected chi connectivity index (χ1v) is 11.0. The van der Waals surface area contributed by atoms with Crippen LogP contribution in [0.25, 0.3) is 0 Å². The standard InChI is InChI=1S/C22H33N5S.HI/c1-23-22(24-13-15-26(2)19-10-5-4-6-11-19)25-17-18-9-7-14-27(3)21(18)20-12-8-16-28-20;/h4-6,8,10-12,16,18,21H,7,9,13-15,17H2,1-3H3,(H2,23,24,25);1H. The number of rotatable bonds is 7. The second kappa shape index (κ2) is 12.4. The number of hydrogen-bond acceptors (Lipinski definition) is 4. The van der Waals surface area contributed by atoms with Crippen LogP contribution in [-0.4, -0.2) is 58.2 Å². The summed E-state index contributed by atoms with van der Waals surface area (Å²) in [5.41, 5.74) is 1.23. The third kappa shape index (κ3) is 6.86. The van der Waals surface area contributed by atoms with Gasteiger partial charge in [0.05, 0.1) is 0 Å². The highest BCUT2D eigenvalue weighted by atomic mass is 127. The first-order valence-electron chi connectivity index (χ1n) is 10.1. The molecule has 0 saturated carbocycles. The van der Waals surface area contributed by atoms with Crippen molar-refractivity contribution in [2.75, 3.05) is 52.2 Å². The van der Waals surface area contributed by atoms with Crippen LogP contribution < -0.4 is 15.5 Å². The van der Waals surface area contributed by atoms with Crippen molar-refractivity contribution in [3.8, 4) is 0 Å². The van der Waals surface area contributed by atoms with E-state index in [0.29, 0.717) is 12.0 Å². The Hall–Kier alpha value is -1.32. The second-order valence-corrected chi connectivity index (χ2v) is 8.46. The summed E-state index contributed by atoms with van der Waals surface area (Å²) in [6.07, 6.45) is 2.52. The molecule has 1 aliphatic rings. The van der Waals surface area contributed by atoms with Gasteiger partial charge >= 0.3 is 0 Å². The maximum absolute atomic E-state index is 4.41. The molecule has 0 bridgehead atoms. The van der Waals surface area contributed by atoms with Crippen LogP contribution in [-0.2, 0) is 0 Å². The monoisotopic (exact) mass is 527 g/mol. The van der Waals surface area contributed by atoms with Crippen LogP contribution in [0.1, 0.15) is 23.8 Å². The largest absolute Gasteiger partial charge is 0.373 e. The minimum atomic E-state index is 0. The fourth-order valence-electron chi connectivity index (χ4n) is 3.98. The smallest absolute Gasteiger partial charge is 0.191 e. The lowest BCUT2D eigenvalue weighted by Crippen LogP contribution is -2.46. The van der Waals surface area contributed by atoms with Gasteiger partial charge in [0.2, 0.25) is 0 Å². The van der Waals surface area contributed by atoms with Gasteiger partial charge in [0, 0.05) is 50.3 Å². The summed E-state index contributed by atoms with van der Waals surface area (Å²) in [6, 6.07) is 15.4. The van der Waals surface area contributed by atoms with E-state index in [1.54, 1.807) is 0 Å². The Morgan fingerprint density at radius 3 is 2.69 bits per heavy atom. The number of hydrogen-bond donors (Lipinski definition) is 2. The molecule has 2 N–H and O–H groups in total. The van der Waals surface area contributed by atoms with E-state index in [0.717, 1.165) is 25.6 Å². The van der Waals surface area contributed by atoms with E-state index in [-0.39, 0.29) is 24.0 Å². The van der Waals surface area contributed by atoms with E-state index in [1.165, 1.54) is 30.0 Å². The number of benzene rings is 1. The lowest BCUT2D eigenvalue weighted by atomic mass is 9.88. The van der Waals surface area contributed by atoms with Crippen molar-refractivity contribution >= 4 is 47.0 Å². The van der Waals surface area contributed by atoms with Gasteiger partial charge in [0.1, 0.15) is 0 Å². The van der Waals surface area contributed by atoms with Gasteiger partial charge in [-0.25, -0.2) is 0 Å². The van der Waals surface area contributed by atoms with Crippen molar-refractivity contribution in [2.45, 2.75) is 18.9 Å². The van der Waals surface area contributed by atoms with E-state index >= 15 is 0 Å². The first-order chi connectivity index (χ1) is 13.7. The van der Waals surface area contributed by atoms with Crippen LogP contribution >= 0.6 is 35.3 Å². The van der Waals surface area contributed by atoms with Gasteiger partial charge in [0.25, 0.3) is 0 Å². The van der Waals surface area contributed by atoms with Gasteiger partial charge in [0.15, 0.2) is 5.96 Å². The van der Waals surface area contributed by atoms with Crippen LogP contribution in [0.3, 0.4) is 0 Å². The number of halogens is 1. The zero-order valence-electron chi connectivity index (χ0n) is 17.7. The van der Waals surface area contributed by atoms with Crippen LogP contribution in [0.5, 0.6) is 0 Å². The molecule has 2 heterocycles. The molecular weight excluding hydrogens is 493 g/mol. The Balaban J connectivity index is 0.00000300. The number of piperidine rings is 1. The molecule has 1 aromatic heterocycles. The number of thiophene rings is 1. The van der Waals surface area contributed by atoms with Gasteiger partial charge in [-0.15, -0.1) is 35.3 Å². The molecule has 1 fully saturated rings. The minimum Gasteiger partial charge on any atom is -0.373 e. The van der Waals surface area contributed by atoms with Crippen molar-refractivity contribution < 1.29 is 0 Å². The Morgan fingerprint density at radius 2 is 2.00 bits per heavy atom. The molecule has 7 heteroatoms. The maximum atomic E-state index is 4.41. The Labute approximate surface area is 196 Å². The van der Waals surface area contributed by atoms with E-state index in [4.69, 9.17) is 0 Å². The number of likely N-dealkylation sites (tertiary alicyclic amines) is 1. The maximum Gasteiger partial charge on any atom is 0.191 e. The predicted octanol–water partition coefficient (Wildman–Crippen LogP) is 4.05. The summed E-state index contributed by atoms with van der Waals surface area (Å²) >= 11 is 1.87. The molecule has 0 radical (unpaired) electrons. The average molecular weight is 528 g/mol. The number of nitrogens with zero attached hydrogens (tertiary/aromatic N) is 3. The third-order valence-corrected chi connectivity index (χ3v) is 6.48. The van der Waals surface area contributed by atoms with Crippen LogP contribution in [0.4, 0.5) is 5.69 Å². The van der Waals surface area contributed by atoms with E-state index in [9.17, 15) is 0 Å². The molecule has 3 rings (SSSR count). The number of anilines is 1. The van der Waals surface area contributed by atoms with Crippen molar-refractivity contribution in [3.63, 3.8) is 0 Å². The van der Waals surface area contributed by atoms with Gasteiger partial charge in [-0.3, -0.25) is 9.89 Å². The molecule has 0 aliphatic carbocycles. The average Bonchev–Trinajstić information content (AvgIpc) is 3.25. The van der Waals surface area contributed by atoms with Gasteiger partial charge < -0.3 is 15.5 Å². The van der Waals surface area contributed by atoms with Crippen LogP contribution in [0.2, 0.25) is 0 Å². The number of para-hydroxylation sites is 1. The molecule has 0 spiro atoms. The van der Waals surface area contributed by atoms with Crippen LogP contribution in [0.15, 0.2) is 52.8 Å². The summed E-state index contributed by atoms with van der Waals surface area (Å²) in [5, 5.41) is 9.21. The van der Waals surface area contributed by atoms with Gasteiger partial charge in [-0.1, -0.05) is 24.3 Å². The molecule has 1 saturated heterocycles. The fraction of sp³-hybridized carbons (Fsp3) is 0.500. The quantitative estimate of drug-likeness (QED) is 0.324. The highest BCUT2D eigenvalue weighted by Crippen LogP contribution is 2.36. The Bertz CT molecular complexity index is 722. The van der Waals surface area contributed by atoms with Crippen molar-refractivity contribution in [3.05, 3.63) is 52.7 Å². The molecule has 2 unspecified atom stereocenters. The SMILES string of the molecule is CN=C(NCCN(C)c1ccccc1)NCC1CCCN(C)C1c1cccs1.I. The Kier molecular flexibility index (Phi) is 10.2. The zero-order chi connectivity index (χ0) is 19.8. The highest BCUT2D eigenvalue weighted by molar-refractivity contribution is 14.0. The first kappa shape index (κ1) is 24.0. The third-order valence-electron chi connectivity index (χ3n) is 5.53. The highest BCUT2D eigenvalue weighted by Gasteiger charge is 2.31. The summed E-state index contributed by atoms with van der Waals surface area (Å²) in [4.78, 5) is 10.6. The van der Waals surface area contributed by atoms with Gasteiger partial charge in [-0.05, 0) is 55.9 Å².